The Labute approximate surface area is 189 Å². The number of nitrogens with one attached hydrogen (secondary N) is 1. The summed E-state index contributed by atoms with van der Waals surface area (Å²) in [5.74, 6) is -1.09. The zero-order chi connectivity index (χ0) is 24.5. The minimum atomic E-state index is -4.43. The molecule has 1 aromatic carbocycles. The third kappa shape index (κ3) is 5.31. The molecule has 1 saturated carbocycles. The average Bonchev–Trinajstić information content (AvgIpc) is 3.52. The van der Waals surface area contributed by atoms with E-state index in [9.17, 15) is 27.6 Å². The van der Waals surface area contributed by atoms with Crippen molar-refractivity contribution in [3.63, 3.8) is 0 Å². The van der Waals surface area contributed by atoms with Gasteiger partial charge in [-0.25, -0.2) is 4.79 Å². The third-order valence-corrected chi connectivity index (χ3v) is 5.81. The number of alkyl halides is 3. The molecule has 0 radical (unpaired) electrons. The van der Waals surface area contributed by atoms with Crippen LogP contribution in [0.4, 0.5) is 24.7 Å². The molecule has 0 aliphatic heterocycles. The number of rotatable bonds is 8. The van der Waals surface area contributed by atoms with Gasteiger partial charge in [-0.2, -0.15) is 13.2 Å². The molecule has 2 unspecified atom stereocenters. The molecule has 0 saturated heterocycles. The summed E-state index contributed by atoms with van der Waals surface area (Å²) in [4.78, 5) is 42.0. The number of hydrogen-bond acceptors (Lipinski definition) is 4. The highest BCUT2D eigenvalue weighted by molar-refractivity contribution is 5.99. The van der Waals surface area contributed by atoms with Gasteiger partial charge in [-0.15, -0.1) is 0 Å². The van der Waals surface area contributed by atoms with E-state index in [0.29, 0.717) is 24.9 Å². The first-order valence-electron chi connectivity index (χ1n) is 11.1. The molecule has 1 heterocycles. The molecule has 1 fully saturated rings. The maximum atomic E-state index is 13.4. The summed E-state index contributed by atoms with van der Waals surface area (Å²) in [6.07, 6.45) is -2.48. The fraction of sp³-hybridized carbons (Fsp3) is 0.522. The van der Waals surface area contributed by atoms with Crippen LogP contribution in [0.5, 0.6) is 0 Å². The van der Waals surface area contributed by atoms with E-state index in [1.54, 1.807) is 0 Å². The Morgan fingerprint density at radius 1 is 1.24 bits per heavy atom. The van der Waals surface area contributed by atoms with Gasteiger partial charge in [0.05, 0.1) is 5.56 Å². The Balaban J connectivity index is 1.91. The van der Waals surface area contributed by atoms with Crippen LogP contribution in [-0.4, -0.2) is 22.0 Å². The van der Waals surface area contributed by atoms with Crippen molar-refractivity contribution in [1.82, 2.24) is 9.55 Å². The van der Waals surface area contributed by atoms with Crippen molar-refractivity contribution < 1.29 is 18.0 Å². The lowest BCUT2D eigenvalue weighted by molar-refractivity contribution is -0.137. The number of hydrogen-bond donors (Lipinski definition) is 2. The van der Waals surface area contributed by atoms with Crippen LogP contribution in [0.15, 0.2) is 33.9 Å². The molecule has 180 valence electrons. The number of aromatic amines is 1. The van der Waals surface area contributed by atoms with Crippen LogP contribution in [0.3, 0.4) is 0 Å². The first-order chi connectivity index (χ1) is 15.5. The Hall–Kier alpha value is -3.04. The molecule has 1 aromatic heterocycles. The fourth-order valence-electron chi connectivity index (χ4n) is 3.99. The lowest BCUT2D eigenvalue weighted by Gasteiger charge is -2.26. The van der Waals surface area contributed by atoms with Gasteiger partial charge in [0.1, 0.15) is 5.82 Å². The van der Waals surface area contributed by atoms with Crippen molar-refractivity contribution in [1.29, 1.82) is 0 Å². The van der Waals surface area contributed by atoms with Gasteiger partial charge < -0.3 is 10.6 Å². The molecule has 0 bridgehead atoms. The molecule has 1 aliphatic carbocycles. The summed E-state index contributed by atoms with van der Waals surface area (Å²) in [5.41, 5.74) is 4.69. The zero-order valence-corrected chi connectivity index (χ0v) is 18.9. The summed E-state index contributed by atoms with van der Waals surface area (Å²) >= 11 is 0. The molecule has 3 N–H and O–H groups in total. The van der Waals surface area contributed by atoms with Crippen LogP contribution in [0.2, 0.25) is 0 Å². The van der Waals surface area contributed by atoms with E-state index in [2.05, 4.69) is 4.98 Å². The molecular formula is C23H29F3N4O3. The monoisotopic (exact) mass is 466 g/mol. The Kier molecular flexibility index (Phi) is 7.04. The van der Waals surface area contributed by atoms with Crippen LogP contribution in [0.1, 0.15) is 57.1 Å². The van der Waals surface area contributed by atoms with Gasteiger partial charge in [0.25, 0.3) is 5.56 Å². The highest BCUT2D eigenvalue weighted by Gasteiger charge is 2.47. The topological polar surface area (TPSA) is 101 Å². The van der Waals surface area contributed by atoms with Crippen LogP contribution in [0, 0.1) is 11.8 Å². The van der Waals surface area contributed by atoms with Crippen LogP contribution < -0.4 is 21.9 Å². The molecule has 1 amide bonds. The lowest BCUT2D eigenvalue weighted by Crippen LogP contribution is -2.43. The van der Waals surface area contributed by atoms with Crippen molar-refractivity contribution in [2.45, 2.75) is 58.7 Å². The van der Waals surface area contributed by atoms with Crippen molar-refractivity contribution in [2.24, 2.45) is 11.8 Å². The smallest absolute Gasteiger partial charge is 0.383 e. The van der Waals surface area contributed by atoms with Crippen molar-refractivity contribution in [3.8, 4) is 0 Å². The van der Waals surface area contributed by atoms with Gasteiger partial charge >= 0.3 is 11.9 Å². The molecule has 1 aliphatic rings. The van der Waals surface area contributed by atoms with Gasteiger partial charge in [-0.3, -0.25) is 19.1 Å². The maximum Gasteiger partial charge on any atom is 0.416 e. The highest BCUT2D eigenvalue weighted by atomic mass is 19.4. The van der Waals surface area contributed by atoms with Gasteiger partial charge in [0.2, 0.25) is 5.91 Å². The minimum Gasteiger partial charge on any atom is -0.383 e. The molecule has 3 rings (SSSR count). The number of unbranched alkanes of at least 4 members (excludes halogenated alkanes) is 1. The number of benzene rings is 1. The predicted molar refractivity (Wildman–Crippen MR) is 120 cm³/mol. The van der Waals surface area contributed by atoms with Crippen molar-refractivity contribution in [2.75, 3.05) is 17.2 Å². The molecule has 2 aromatic rings. The maximum absolute atomic E-state index is 13.4. The number of anilines is 2. The summed E-state index contributed by atoms with van der Waals surface area (Å²) in [5, 5.41) is 0. The first kappa shape index (κ1) is 24.6. The molecule has 10 heteroatoms. The normalized spacial score (nSPS) is 17.9. The molecule has 0 spiro atoms. The lowest BCUT2D eigenvalue weighted by atomic mass is 10.1. The van der Waals surface area contributed by atoms with E-state index < -0.39 is 28.9 Å². The van der Waals surface area contributed by atoms with Crippen molar-refractivity contribution >= 4 is 17.4 Å². The molecule has 33 heavy (non-hydrogen) atoms. The van der Waals surface area contributed by atoms with Crippen LogP contribution >= 0.6 is 0 Å². The van der Waals surface area contributed by atoms with Crippen LogP contribution in [-0.2, 0) is 17.5 Å². The highest BCUT2D eigenvalue weighted by Crippen LogP contribution is 2.49. The van der Waals surface area contributed by atoms with Gasteiger partial charge in [-0.05, 0) is 42.4 Å². The largest absolute Gasteiger partial charge is 0.416 e. The van der Waals surface area contributed by atoms with E-state index in [-0.39, 0.29) is 35.8 Å². The third-order valence-electron chi connectivity index (χ3n) is 5.81. The Morgan fingerprint density at radius 2 is 1.88 bits per heavy atom. The molecule has 7 nitrogen and oxygen atoms in total. The fourth-order valence-corrected chi connectivity index (χ4v) is 3.99. The van der Waals surface area contributed by atoms with E-state index in [4.69, 9.17) is 5.73 Å². The van der Waals surface area contributed by atoms with Crippen LogP contribution in [0.25, 0.3) is 0 Å². The number of amides is 1. The quantitative estimate of drug-likeness (QED) is 0.619. The summed E-state index contributed by atoms with van der Waals surface area (Å²) < 4.78 is 39.8. The summed E-state index contributed by atoms with van der Waals surface area (Å²) in [7, 11) is 0. The second-order valence-electron chi connectivity index (χ2n) is 8.91. The standard InChI is InChI=1S/C23H29F3N4O3/c1-4-5-10-29-19(27)18(20(31)28-22(29)33)30(12-13(2)3)21(32)17-11-16(17)14-6-8-15(9-7-14)23(24,25)26/h6-9,13,16-17H,4-5,10-12,27H2,1-3H3,(H,28,31,33). The zero-order valence-electron chi connectivity index (χ0n) is 18.9. The Morgan fingerprint density at radius 3 is 2.42 bits per heavy atom. The summed E-state index contributed by atoms with van der Waals surface area (Å²) in [6.45, 7) is 6.26. The number of aromatic nitrogens is 2. The second-order valence-corrected chi connectivity index (χ2v) is 8.91. The van der Waals surface area contributed by atoms with E-state index in [1.807, 2.05) is 20.8 Å². The number of carbonyl (C=O) groups is 1. The average molecular weight is 467 g/mol. The number of nitrogen functional groups attached to an aromatic ring is 1. The van der Waals surface area contributed by atoms with E-state index >= 15 is 0 Å². The minimum absolute atomic E-state index is 0.00652. The number of H-pyrrole nitrogens is 1. The molecular weight excluding hydrogens is 437 g/mol. The Bertz CT molecular complexity index is 1120. The number of carbonyl (C=O) groups excluding carboxylic acids is 1. The van der Waals surface area contributed by atoms with E-state index in [0.717, 1.165) is 18.6 Å². The van der Waals surface area contributed by atoms with Gasteiger partial charge in [0, 0.05) is 19.0 Å². The number of nitrogens with two attached hydrogens (primary N) is 1. The first-order valence-corrected chi connectivity index (χ1v) is 11.1. The second kappa shape index (κ2) is 9.44. The number of nitrogens with zero attached hydrogens (tertiary/aromatic N) is 2. The van der Waals surface area contributed by atoms with E-state index in [1.165, 1.54) is 21.6 Å². The van der Waals surface area contributed by atoms with Crippen molar-refractivity contribution in [3.05, 3.63) is 56.2 Å². The van der Waals surface area contributed by atoms with Gasteiger partial charge in [0.15, 0.2) is 5.69 Å². The van der Waals surface area contributed by atoms with Gasteiger partial charge in [-0.1, -0.05) is 39.3 Å². The predicted octanol–water partition coefficient (Wildman–Crippen LogP) is 3.73. The summed E-state index contributed by atoms with van der Waals surface area (Å²) in [6, 6.07) is 4.79. The number of halogens is 3. The molecule has 2 atom stereocenters. The SMILES string of the molecule is CCCCn1c(N)c(N(CC(C)C)C(=O)C2CC2c2ccc(C(F)(F)F)cc2)c(=O)[nH]c1=O.